The van der Waals surface area contributed by atoms with E-state index in [2.05, 4.69) is 20.7 Å². The van der Waals surface area contributed by atoms with E-state index in [-0.39, 0.29) is 12.3 Å². The fourth-order valence-electron chi connectivity index (χ4n) is 3.44. The molecule has 2 saturated heterocycles. The number of rotatable bonds is 4. The first-order valence-corrected chi connectivity index (χ1v) is 8.71. The molecule has 136 valence electrons. The molecule has 1 spiro atoms. The average Bonchev–Trinajstić information content (AvgIpc) is 3.28. The summed E-state index contributed by atoms with van der Waals surface area (Å²) >= 11 is 0. The van der Waals surface area contributed by atoms with Crippen molar-refractivity contribution in [2.75, 3.05) is 19.6 Å². The van der Waals surface area contributed by atoms with Crippen molar-refractivity contribution in [3.8, 4) is 11.4 Å². The molecule has 0 saturated carbocycles. The normalized spacial score (nSPS) is 22.3. The van der Waals surface area contributed by atoms with E-state index in [4.69, 9.17) is 4.74 Å². The van der Waals surface area contributed by atoms with E-state index in [1.165, 1.54) is 4.80 Å². The minimum atomic E-state index is -0.572. The van der Waals surface area contributed by atoms with Crippen molar-refractivity contribution < 1.29 is 14.3 Å². The molecule has 2 fully saturated rings. The highest BCUT2D eigenvalue weighted by molar-refractivity contribution is 5.77. The first-order valence-electron chi connectivity index (χ1n) is 8.71. The molecule has 1 atom stereocenters. The predicted molar refractivity (Wildman–Crippen MR) is 90.9 cm³/mol. The van der Waals surface area contributed by atoms with Crippen molar-refractivity contribution in [2.24, 2.45) is 0 Å². The second-order valence-electron chi connectivity index (χ2n) is 6.67. The number of tetrazole rings is 1. The Morgan fingerprint density at radius 1 is 1.31 bits per heavy atom. The largest absolute Gasteiger partial charge is 0.439 e. The number of aryl methyl sites for hydroxylation is 1. The molecule has 3 heterocycles. The molecular weight excluding hydrogens is 336 g/mol. The van der Waals surface area contributed by atoms with E-state index in [1.54, 1.807) is 4.90 Å². The summed E-state index contributed by atoms with van der Waals surface area (Å²) in [5.74, 6) is 0.546. The first kappa shape index (κ1) is 16.5. The average molecular weight is 356 g/mol. The molecule has 2 aliphatic heterocycles. The van der Waals surface area contributed by atoms with E-state index in [1.807, 2.05) is 30.3 Å². The van der Waals surface area contributed by atoms with E-state index in [0.717, 1.165) is 18.4 Å². The molecule has 2 amide bonds. The summed E-state index contributed by atoms with van der Waals surface area (Å²) < 4.78 is 5.40. The number of carbonyl (C=O) groups is 2. The lowest BCUT2D eigenvalue weighted by Gasteiger charge is -2.38. The number of nitrogens with zero attached hydrogens (tertiary/aromatic N) is 5. The molecule has 26 heavy (non-hydrogen) atoms. The van der Waals surface area contributed by atoms with Crippen LogP contribution in [0.5, 0.6) is 0 Å². The maximum Gasteiger partial charge on any atom is 0.407 e. The van der Waals surface area contributed by atoms with Gasteiger partial charge in [-0.15, -0.1) is 10.2 Å². The number of benzene rings is 1. The van der Waals surface area contributed by atoms with Crippen molar-refractivity contribution in [3.05, 3.63) is 30.3 Å². The second kappa shape index (κ2) is 6.74. The molecule has 0 aliphatic carbocycles. The van der Waals surface area contributed by atoms with Gasteiger partial charge in [0.25, 0.3) is 0 Å². The number of piperidine rings is 1. The van der Waals surface area contributed by atoms with Crippen LogP contribution in [0.1, 0.15) is 19.3 Å². The van der Waals surface area contributed by atoms with Crippen molar-refractivity contribution in [1.82, 2.24) is 30.4 Å². The molecule has 1 unspecified atom stereocenters. The number of carbonyl (C=O) groups excluding carboxylic acids is 2. The number of hydrogen-bond donors (Lipinski definition) is 1. The molecular formula is C17H20N6O3. The van der Waals surface area contributed by atoms with Gasteiger partial charge in [-0.3, -0.25) is 4.79 Å². The molecule has 0 radical (unpaired) electrons. The number of nitrogens with one attached hydrogen (secondary N) is 1. The lowest BCUT2D eigenvalue weighted by Crippen LogP contribution is -2.52. The molecule has 0 bridgehead atoms. The van der Waals surface area contributed by atoms with Crippen LogP contribution in [-0.2, 0) is 16.1 Å². The molecule has 9 nitrogen and oxygen atoms in total. The van der Waals surface area contributed by atoms with Crippen LogP contribution in [0.2, 0.25) is 0 Å². The second-order valence-corrected chi connectivity index (χ2v) is 6.67. The summed E-state index contributed by atoms with van der Waals surface area (Å²) in [5, 5.41) is 15.1. The highest BCUT2D eigenvalue weighted by Crippen LogP contribution is 2.28. The smallest absolute Gasteiger partial charge is 0.407 e. The Bertz CT molecular complexity index is 808. The summed E-state index contributed by atoms with van der Waals surface area (Å²) in [6.45, 7) is 1.93. The van der Waals surface area contributed by atoms with Crippen LogP contribution in [0.25, 0.3) is 11.4 Å². The van der Waals surface area contributed by atoms with Gasteiger partial charge in [0.2, 0.25) is 11.7 Å². The van der Waals surface area contributed by atoms with E-state index < -0.39 is 11.7 Å². The van der Waals surface area contributed by atoms with Crippen LogP contribution in [0.4, 0.5) is 4.79 Å². The van der Waals surface area contributed by atoms with Crippen LogP contribution in [0, 0.1) is 0 Å². The first-order chi connectivity index (χ1) is 12.6. The Hall–Kier alpha value is -2.97. The molecule has 4 rings (SSSR count). The van der Waals surface area contributed by atoms with Crippen LogP contribution in [-0.4, -0.2) is 62.3 Å². The van der Waals surface area contributed by atoms with Crippen molar-refractivity contribution in [3.63, 3.8) is 0 Å². The van der Waals surface area contributed by atoms with Crippen LogP contribution in [0.15, 0.2) is 30.3 Å². The Balaban J connectivity index is 1.34. The lowest BCUT2D eigenvalue weighted by atomic mass is 9.93. The summed E-state index contributed by atoms with van der Waals surface area (Å²) in [7, 11) is 0. The number of hydrogen-bond acceptors (Lipinski definition) is 6. The predicted octanol–water partition coefficient (Wildman–Crippen LogP) is 0.831. The third-order valence-corrected chi connectivity index (χ3v) is 4.77. The fraction of sp³-hybridized carbons (Fsp3) is 0.471. The van der Waals surface area contributed by atoms with Gasteiger partial charge in [-0.2, -0.15) is 4.80 Å². The zero-order valence-electron chi connectivity index (χ0n) is 14.3. The number of amides is 2. The third-order valence-electron chi connectivity index (χ3n) is 4.77. The Morgan fingerprint density at radius 2 is 2.15 bits per heavy atom. The molecule has 1 aromatic heterocycles. The van der Waals surface area contributed by atoms with Gasteiger partial charge >= 0.3 is 6.09 Å². The maximum atomic E-state index is 12.5. The zero-order chi connectivity index (χ0) is 18.0. The van der Waals surface area contributed by atoms with Crippen LogP contribution in [0.3, 0.4) is 0 Å². The number of likely N-dealkylation sites (tertiary alicyclic amines) is 1. The van der Waals surface area contributed by atoms with Gasteiger partial charge in [-0.25, -0.2) is 4.79 Å². The Labute approximate surface area is 150 Å². The summed E-state index contributed by atoms with van der Waals surface area (Å²) in [6.07, 6.45) is 1.47. The highest BCUT2D eigenvalue weighted by Gasteiger charge is 2.44. The topological polar surface area (TPSA) is 102 Å². The molecule has 1 N–H and O–H groups in total. The van der Waals surface area contributed by atoms with Gasteiger partial charge in [-0.1, -0.05) is 30.3 Å². The van der Waals surface area contributed by atoms with E-state index in [9.17, 15) is 9.59 Å². The van der Waals surface area contributed by atoms with Gasteiger partial charge in [0.05, 0.1) is 19.6 Å². The summed E-state index contributed by atoms with van der Waals surface area (Å²) in [6, 6.07) is 9.58. The van der Waals surface area contributed by atoms with Gasteiger partial charge in [0.1, 0.15) is 5.60 Å². The minimum absolute atomic E-state index is 0.00517. The van der Waals surface area contributed by atoms with Crippen LogP contribution >= 0.6 is 0 Å². The molecule has 1 aromatic carbocycles. The van der Waals surface area contributed by atoms with Crippen molar-refractivity contribution in [1.29, 1.82) is 0 Å². The minimum Gasteiger partial charge on any atom is -0.439 e. The quantitative estimate of drug-likeness (QED) is 0.871. The molecule has 2 aromatic rings. The van der Waals surface area contributed by atoms with E-state index in [0.29, 0.717) is 32.0 Å². The monoisotopic (exact) mass is 356 g/mol. The number of alkyl carbamates (subject to hydrolysis) is 1. The van der Waals surface area contributed by atoms with Gasteiger partial charge in [0.15, 0.2) is 0 Å². The van der Waals surface area contributed by atoms with Crippen molar-refractivity contribution in [2.45, 2.75) is 31.4 Å². The number of ether oxygens (including phenoxy) is 1. The molecule has 2 aliphatic rings. The summed E-state index contributed by atoms with van der Waals surface area (Å²) in [4.78, 5) is 27.1. The van der Waals surface area contributed by atoms with E-state index >= 15 is 0 Å². The third kappa shape index (κ3) is 3.37. The highest BCUT2D eigenvalue weighted by atomic mass is 16.6. The fourth-order valence-corrected chi connectivity index (χ4v) is 3.44. The van der Waals surface area contributed by atoms with Gasteiger partial charge < -0.3 is 15.0 Å². The Morgan fingerprint density at radius 3 is 2.92 bits per heavy atom. The zero-order valence-corrected chi connectivity index (χ0v) is 14.3. The van der Waals surface area contributed by atoms with Crippen LogP contribution < -0.4 is 5.32 Å². The van der Waals surface area contributed by atoms with Crippen molar-refractivity contribution >= 4 is 12.0 Å². The molecule has 9 heteroatoms. The number of aromatic nitrogens is 4. The maximum absolute atomic E-state index is 12.5. The SMILES string of the molecule is O=C1NCC2(CCCN(C(=O)CCn3nnc(-c4ccccc4)n3)C2)O1. The summed E-state index contributed by atoms with van der Waals surface area (Å²) in [5.41, 5.74) is 0.315. The lowest BCUT2D eigenvalue weighted by molar-refractivity contribution is -0.137. The standard InChI is InChI=1S/C17H20N6O3/c24-14(22-9-4-8-17(12-22)11-18-16(25)26-17)7-10-23-20-15(19-21-23)13-5-2-1-3-6-13/h1-3,5-6H,4,7-12H2,(H,18,25). The van der Waals surface area contributed by atoms with Gasteiger partial charge in [0, 0.05) is 18.5 Å². The van der Waals surface area contributed by atoms with Gasteiger partial charge in [-0.05, 0) is 18.1 Å². The Kier molecular flexibility index (Phi) is 4.27.